The number of rotatable bonds is 5. The Morgan fingerprint density at radius 3 is 2.32 bits per heavy atom. The number of imide groups is 1. The highest BCUT2D eigenvalue weighted by Crippen LogP contribution is 2.38. The fraction of sp³-hybridized carbons (Fsp3) is 0.550. The molecule has 1 N–H and O–H groups in total. The molecule has 1 aliphatic carbocycles. The van der Waals surface area contributed by atoms with Gasteiger partial charge in [0, 0.05) is 18.7 Å². The van der Waals surface area contributed by atoms with E-state index in [0.29, 0.717) is 5.92 Å². The van der Waals surface area contributed by atoms with Gasteiger partial charge in [0.2, 0.25) is 17.7 Å². The van der Waals surface area contributed by atoms with Crippen LogP contribution in [0.15, 0.2) is 24.3 Å². The molecule has 5 heteroatoms. The number of nitrogens with one attached hydrogen (secondary N) is 1. The molecule has 0 spiro atoms. The summed E-state index contributed by atoms with van der Waals surface area (Å²) in [6, 6.07) is 7.72. The number of amides is 3. The third-order valence-electron chi connectivity index (χ3n) is 5.35. The summed E-state index contributed by atoms with van der Waals surface area (Å²) in [6.45, 7) is 4.34. The van der Waals surface area contributed by atoms with Crippen LogP contribution in [0.4, 0.5) is 5.69 Å². The minimum Gasteiger partial charge on any atom is -0.326 e. The Balaban J connectivity index is 1.59. The molecule has 3 amide bonds. The van der Waals surface area contributed by atoms with Gasteiger partial charge in [-0.1, -0.05) is 44.9 Å². The van der Waals surface area contributed by atoms with Gasteiger partial charge < -0.3 is 5.32 Å². The van der Waals surface area contributed by atoms with Gasteiger partial charge in [-0.25, -0.2) is 0 Å². The van der Waals surface area contributed by atoms with Crippen LogP contribution in [0.3, 0.4) is 0 Å². The zero-order chi connectivity index (χ0) is 18.0. The van der Waals surface area contributed by atoms with E-state index in [9.17, 15) is 14.4 Å². The number of carbonyl (C=O) groups excluding carboxylic acids is 3. The van der Waals surface area contributed by atoms with Crippen LogP contribution in [0, 0.1) is 11.8 Å². The first kappa shape index (κ1) is 17.6. The standard InChI is InChI=1S/C20H26N2O3/c1-13(2)14-7-5-6-10-17(14)21-18(23)11-12-22-19(24)15-8-3-4-9-16(15)20(22)25/h5-7,10,13,15-16H,3-4,8-9,11-12H2,1-2H3,(H,21,23)/t15-,16+. The van der Waals surface area contributed by atoms with E-state index >= 15 is 0 Å². The molecule has 5 nitrogen and oxygen atoms in total. The zero-order valence-corrected chi connectivity index (χ0v) is 15.0. The highest BCUT2D eigenvalue weighted by Gasteiger charge is 2.47. The molecule has 134 valence electrons. The summed E-state index contributed by atoms with van der Waals surface area (Å²) in [4.78, 5) is 38.5. The number of anilines is 1. The van der Waals surface area contributed by atoms with Crippen molar-refractivity contribution in [2.75, 3.05) is 11.9 Å². The molecule has 25 heavy (non-hydrogen) atoms. The van der Waals surface area contributed by atoms with E-state index in [1.165, 1.54) is 4.90 Å². The molecule has 2 aliphatic rings. The van der Waals surface area contributed by atoms with Gasteiger partial charge in [0.05, 0.1) is 11.8 Å². The van der Waals surface area contributed by atoms with Gasteiger partial charge >= 0.3 is 0 Å². The number of para-hydroxylation sites is 1. The highest BCUT2D eigenvalue weighted by molar-refractivity contribution is 6.05. The summed E-state index contributed by atoms with van der Waals surface area (Å²) in [6.07, 6.45) is 3.78. The predicted octanol–water partition coefficient (Wildman–Crippen LogP) is 3.31. The Morgan fingerprint density at radius 2 is 1.72 bits per heavy atom. The first-order valence-electron chi connectivity index (χ1n) is 9.23. The molecule has 1 saturated carbocycles. The van der Waals surface area contributed by atoms with Crippen molar-refractivity contribution in [1.29, 1.82) is 0 Å². The van der Waals surface area contributed by atoms with Gasteiger partial charge in [-0.2, -0.15) is 0 Å². The van der Waals surface area contributed by atoms with Crippen molar-refractivity contribution in [1.82, 2.24) is 4.90 Å². The molecule has 1 aliphatic heterocycles. The topological polar surface area (TPSA) is 66.5 Å². The maximum Gasteiger partial charge on any atom is 0.233 e. The predicted molar refractivity (Wildman–Crippen MR) is 95.9 cm³/mol. The van der Waals surface area contributed by atoms with E-state index in [1.807, 2.05) is 24.3 Å². The first-order chi connectivity index (χ1) is 12.0. The number of likely N-dealkylation sites (tertiary alicyclic amines) is 1. The summed E-state index contributed by atoms with van der Waals surface area (Å²) in [7, 11) is 0. The quantitative estimate of drug-likeness (QED) is 0.835. The van der Waals surface area contributed by atoms with Crippen LogP contribution in [0.25, 0.3) is 0 Å². The Kier molecular flexibility index (Phi) is 5.21. The lowest BCUT2D eigenvalue weighted by atomic mass is 9.81. The maximum absolute atomic E-state index is 12.4. The van der Waals surface area contributed by atoms with Crippen molar-refractivity contribution in [2.24, 2.45) is 11.8 Å². The molecule has 0 radical (unpaired) electrons. The summed E-state index contributed by atoms with van der Waals surface area (Å²) < 4.78 is 0. The molecular weight excluding hydrogens is 316 g/mol. The molecule has 2 fully saturated rings. The number of benzene rings is 1. The summed E-state index contributed by atoms with van der Waals surface area (Å²) in [5.74, 6) is -0.308. The maximum atomic E-state index is 12.4. The van der Waals surface area contributed by atoms with Gasteiger partial charge in [-0.3, -0.25) is 19.3 Å². The third-order valence-corrected chi connectivity index (χ3v) is 5.35. The molecular formula is C20H26N2O3. The SMILES string of the molecule is CC(C)c1ccccc1NC(=O)CCN1C(=O)[C@H]2CCCC[C@H]2C1=O. The van der Waals surface area contributed by atoms with Crippen LogP contribution in [-0.2, 0) is 14.4 Å². The van der Waals surface area contributed by atoms with E-state index in [2.05, 4.69) is 19.2 Å². The van der Waals surface area contributed by atoms with Crippen LogP contribution >= 0.6 is 0 Å². The lowest BCUT2D eigenvalue weighted by Crippen LogP contribution is -2.34. The normalized spacial score (nSPS) is 23.1. The molecule has 1 aromatic carbocycles. The van der Waals surface area contributed by atoms with Gasteiger partial charge in [0.15, 0.2) is 0 Å². The Hall–Kier alpha value is -2.17. The molecule has 0 aromatic heterocycles. The van der Waals surface area contributed by atoms with Crippen LogP contribution < -0.4 is 5.32 Å². The Morgan fingerprint density at radius 1 is 1.12 bits per heavy atom. The molecule has 3 rings (SSSR count). The Labute approximate surface area is 148 Å². The summed E-state index contributed by atoms with van der Waals surface area (Å²) in [5, 5.41) is 2.92. The average molecular weight is 342 g/mol. The largest absolute Gasteiger partial charge is 0.326 e. The van der Waals surface area contributed by atoms with Gasteiger partial charge in [-0.15, -0.1) is 0 Å². The number of hydrogen-bond donors (Lipinski definition) is 1. The molecule has 0 unspecified atom stereocenters. The second-order valence-electron chi connectivity index (χ2n) is 7.37. The molecule has 2 atom stereocenters. The molecule has 1 saturated heterocycles. The second kappa shape index (κ2) is 7.38. The van der Waals surface area contributed by atoms with Crippen LogP contribution in [-0.4, -0.2) is 29.2 Å². The fourth-order valence-electron chi connectivity index (χ4n) is 3.99. The van der Waals surface area contributed by atoms with Crippen LogP contribution in [0.2, 0.25) is 0 Å². The smallest absolute Gasteiger partial charge is 0.233 e. The number of fused-ring (bicyclic) bond motifs is 1. The van der Waals surface area contributed by atoms with E-state index in [0.717, 1.165) is 36.9 Å². The van der Waals surface area contributed by atoms with Crippen molar-refractivity contribution in [2.45, 2.75) is 51.9 Å². The van der Waals surface area contributed by atoms with Gasteiger partial charge in [0.25, 0.3) is 0 Å². The number of nitrogens with zero attached hydrogens (tertiary/aromatic N) is 1. The third kappa shape index (κ3) is 3.60. The lowest BCUT2D eigenvalue weighted by molar-refractivity contribution is -0.140. The molecule has 1 aromatic rings. The number of carbonyl (C=O) groups is 3. The van der Waals surface area contributed by atoms with E-state index < -0.39 is 0 Å². The Bertz CT molecular complexity index is 659. The van der Waals surface area contributed by atoms with E-state index in [4.69, 9.17) is 0 Å². The minimum atomic E-state index is -0.163. The molecule has 0 bridgehead atoms. The minimum absolute atomic E-state index is 0.0786. The number of hydrogen-bond acceptors (Lipinski definition) is 3. The first-order valence-corrected chi connectivity index (χ1v) is 9.23. The van der Waals surface area contributed by atoms with Crippen molar-refractivity contribution < 1.29 is 14.4 Å². The van der Waals surface area contributed by atoms with Gasteiger partial charge in [0.1, 0.15) is 0 Å². The summed E-state index contributed by atoms with van der Waals surface area (Å²) >= 11 is 0. The summed E-state index contributed by atoms with van der Waals surface area (Å²) in [5.41, 5.74) is 1.88. The van der Waals surface area contributed by atoms with Crippen LogP contribution in [0.5, 0.6) is 0 Å². The monoisotopic (exact) mass is 342 g/mol. The van der Waals surface area contributed by atoms with Gasteiger partial charge in [-0.05, 0) is 30.4 Å². The van der Waals surface area contributed by atoms with Crippen LogP contribution in [0.1, 0.15) is 57.4 Å². The zero-order valence-electron chi connectivity index (χ0n) is 15.0. The lowest BCUT2D eigenvalue weighted by Gasteiger charge is -2.19. The highest BCUT2D eigenvalue weighted by atomic mass is 16.2. The van der Waals surface area contributed by atoms with Crippen molar-refractivity contribution >= 4 is 23.4 Å². The van der Waals surface area contributed by atoms with Crippen molar-refractivity contribution in [3.05, 3.63) is 29.8 Å². The second-order valence-corrected chi connectivity index (χ2v) is 7.37. The van der Waals surface area contributed by atoms with Crippen molar-refractivity contribution in [3.8, 4) is 0 Å². The molecule has 1 heterocycles. The van der Waals surface area contributed by atoms with E-state index in [1.54, 1.807) is 0 Å². The van der Waals surface area contributed by atoms with E-state index in [-0.39, 0.29) is 42.5 Å². The average Bonchev–Trinajstić information content (AvgIpc) is 2.85. The van der Waals surface area contributed by atoms with Crippen molar-refractivity contribution in [3.63, 3.8) is 0 Å². The fourth-order valence-corrected chi connectivity index (χ4v) is 3.99.